The van der Waals surface area contributed by atoms with Crippen LogP contribution in [0.4, 0.5) is 0 Å². The number of rotatable bonds is 10. The largest absolute Gasteiger partial charge is 0.381 e. The molecule has 0 radical (unpaired) electrons. The zero-order valence-electron chi connectivity index (χ0n) is 16.4. The fourth-order valence-corrected chi connectivity index (χ4v) is 3.10. The molecule has 24 heavy (non-hydrogen) atoms. The van der Waals surface area contributed by atoms with Crippen LogP contribution in [0.5, 0.6) is 0 Å². The van der Waals surface area contributed by atoms with Crippen LogP contribution in [0.1, 0.15) is 46.5 Å². The van der Waals surface area contributed by atoms with Gasteiger partial charge in [-0.05, 0) is 39.4 Å². The molecule has 1 heterocycles. The Kier molecular flexibility index (Phi) is 10.3. The van der Waals surface area contributed by atoms with Crippen molar-refractivity contribution in [2.75, 3.05) is 53.6 Å². The van der Waals surface area contributed by atoms with Crippen LogP contribution in [0.3, 0.4) is 0 Å². The molecule has 1 rings (SSSR count). The van der Waals surface area contributed by atoms with E-state index in [1.54, 1.807) is 7.11 Å². The predicted octanol–water partition coefficient (Wildman–Crippen LogP) is 1.86. The second-order valence-corrected chi connectivity index (χ2v) is 6.64. The fraction of sp³-hybridized carbons (Fsp3) is 0.944. The normalized spacial score (nSPS) is 19.3. The molecule has 2 N–H and O–H groups in total. The van der Waals surface area contributed by atoms with E-state index in [1.165, 1.54) is 6.42 Å². The number of guanidine groups is 1. The van der Waals surface area contributed by atoms with Gasteiger partial charge in [-0.2, -0.15) is 0 Å². The minimum absolute atomic E-state index is 0.137. The summed E-state index contributed by atoms with van der Waals surface area (Å²) in [6.45, 7) is 12.4. The van der Waals surface area contributed by atoms with Gasteiger partial charge < -0.3 is 25.0 Å². The molecule has 1 unspecified atom stereocenters. The molecule has 1 saturated heterocycles. The van der Waals surface area contributed by atoms with Crippen molar-refractivity contribution in [3.63, 3.8) is 0 Å². The molecule has 0 bridgehead atoms. The van der Waals surface area contributed by atoms with Crippen LogP contribution in [0, 0.1) is 0 Å². The number of ether oxygens (including phenoxy) is 2. The Hall–Kier alpha value is -0.850. The first-order chi connectivity index (χ1) is 11.6. The van der Waals surface area contributed by atoms with E-state index in [0.29, 0.717) is 6.04 Å². The minimum atomic E-state index is -0.137. The van der Waals surface area contributed by atoms with E-state index in [9.17, 15) is 0 Å². The Morgan fingerprint density at radius 1 is 1.29 bits per heavy atom. The fourth-order valence-electron chi connectivity index (χ4n) is 3.10. The standard InChI is InChI=1S/C18H38N4O2/c1-6-22(7-2)12-8-9-16(3)21-17(19-4)20-15-18(23-5)10-13-24-14-11-18/h16H,6-15H2,1-5H3,(H2,19,20,21). The van der Waals surface area contributed by atoms with Crippen molar-refractivity contribution in [1.82, 2.24) is 15.5 Å². The third-order valence-corrected chi connectivity index (χ3v) is 5.03. The van der Waals surface area contributed by atoms with E-state index < -0.39 is 0 Å². The molecule has 0 amide bonds. The van der Waals surface area contributed by atoms with Gasteiger partial charge in [0.15, 0.2) is 5.96 Å². The van der Waals surface area contributed by atoms with Crippen LogP contribution >= 0.6 is 0 Å². The number of hydrogen-bond donors (Lipinski definition) is 2. The van der Waals surface area contributed by atoms with Gasteiger partial charge in [0.2, 0.25) is 0 Å². The van der Waals surface area contributed by atoms with Crippen molar-refractivity contribution in [3.8, 4) is 0 Å². The first-order valence-corrected chi connectivity index (χ1v) is 9.41. The summed E-state index contributed by atoms with van der Waals surface area (Å²) in [5, 5.41) is 6.92. The Labute approximate surface area is 148 Å². The Balaban J connectivity index is 2.33. The highest BCUT2D eigenvalue weighted by Gasteiger charge is 2.32. The third kappa shape index (κ3) is 7.36. The topological polar surface area (TPSA) is 58.1 Å². The lowest BCUT2D eigenvalue weighted by atomic mass is 9.94. The maximum Gasteiger partial charge on any atom is 0.191 e. The van der Waals surface area contributed by atoms with Crippen LogP contribution in [-0.4, -0.2) is 76.1 Å². The SMILES string of the molecule is CCN(CC)CCCC(C)NC(=NC)NCC1(OC)CCOCC1. The van der Waals surface area contributed by atoms with Crippen molar-refractivity contribution < 1.29 is 9.47 Å². The van der Waals surface area contributed by atoms with E-state index in [-0.39, 0.29) is 5.60 Å². The number of methoxy groups -OCH3 is 1. The van der Waals surface area contributed by atoms with Crippen molar-refractivity contribution in [1.29, 1.82) is 0 Å². The molecule has 1 aliphatic rings. The zero-order chi connectivity index (χ0) is 17.8. The summed E-state index contributed by atoms with van der Waals surface area (Å²) in [5.74, 6) is 0.855. The van der Waals surface area contributed by atoms with Crippen LogP contribution in [0.2, 0.25) is 0 Å². The maximum absolute atomic E-state index is 5.76. The van der Waals surface area contributed by atoms with Crippen LogP contribution in [0.25, 0.3) is 0 Å². The predicted molar refractivity (Wildman–Crippen MR) is 101 cm³/mol. The Bertz CT molecular complexity index is 353. The van der Waals surface area contributed by atoms with Gasteiger partial charge in [-0.1, -0.05) is 13.8 Å². The van der Waals surface area contributed by atoms with E-state index >= 15 is 0 Å². The van der Waals surface area contributed by atoms with Crippen molar-refractivity contribution >= 4 is 5.96 Å². The molecule has 1 fully saturated rings. The molecule has 6 heteroatoms. The minimum Gasteiger partial charge on any atom is -0.381 e. The summed E-state index contributed by atoms with van der Waals surface area (Å²) in [7, 11) is 3.61. The highest BCUT2D eigenvalue weighted by molar-refractivity contribution is 5.80. The molecule has 0 aromatic rings. The van der Waals surface area contributed by atoms with Gasteiger partial charge in [0.25, 0.3) is 0 Å². The number of aliphatic imine (C=N–C) groups is 1. The molecule has 0 aromatic heterocycles. The Morgan fingerprint density at radius 3 is 2.50 bits per heavy atom. The average molecular weight is 343 g/mol. The second kappa shape index (κ2) is 11.7. The summed E-state index contributed by atoms with van der Waals surface area (Å²) in [6.07, 6.45) is 4.19. The zero-order valence-corrected chi connectivity index (χ0v) is 16.4. The first-order valence-electron chi connectivity index (χ1n) is 9.41. The van der Waals surface area contributed by atoms with Gasteiger partial charge in [0, 0.05) is 52.8 Å². The van der Waals surface area contributed by atoms with Gasteiger partial charge in [0.1, 0.15) is 0 Å². The van der Waals surface area contributed by atoms with Crippen molar-refractivity contribution in [2.45, 2.75) is 58.1 Å². The molecule has 0 aromatic carbocycles. The van der Waals surface area contributed by atoms with Crippen molar-refractivity contribution in [2.24, 2.45) is 4.99 Å². The summed E-state index contributed by atoms with van der Waals surface area (Å²) in [4.78, 5) is 6.82. The van der Waals surface area contributed by atoms with Gasteiger partial charge in [0.05, 0.1) is 5.60 Å². The molecular weight excluding hydrogens is 304 g/mol. The van der Waals surface area contributed by atoms with Gasteiger partial charge >= 0.3 is 0 Å². The highest BCUT2D eigenvalue weighted by Crippen LogP contribution is 2.23. The lowest BCUT2D eigenvalue weighted by Gasteiger charge is -2.36. The first kappa shape index (κ1) is 21.2. The van der Waals surface area contributed by atoms with E-state index in [4.69, 9.17) is 9.47 Å². The number of hydrogen-bond acceptors (Lipinski definition) is 4. The Morgan fingerprint density at radius 2 is 1.96 bits per heavy atom. The van der Waals surface area contributed by atoms with Gasteiger partial charge in [-0.15, -0.1) is 0 Å². The van der Waals surface area contributed by atoms with Crippen LogP contribution in [-0.2, 0) is 9.47 Å². The molecule has 0 aliphatic carbocycles. The summed E-state index contributed by atoms with van der Waals surface area (Å²) < 4.78 is 11.2. The maximum atomic E-state index is 5.76. The van der Waals surface area contributed by atoms with Crippen LogP contribution < -0.4 is 10.6 Å². The summed E-state index contributed by atoms with van der Waals surface area (Å²) in [5.41, 5.74) is -0.137. The molecule has 6 nitrogen and oxygen atoms in total. The third-order valence-electron chi connectivity index (χ3n) is 5.03. The lowest BCUT2D eigenvalue weighted by Crippen LogP contribution is -2.52. The number of nitrogens with one attached hydrogen (secondary N) is 2. The number of nitrogens with zero attached hydrogens (tertiary/aromatic N) is 2. The highest BCUT2D eigenvalue weighted by atomic mass is 16.5. The average Bonchev–Trinajstić information content (AvgIpc) is 2.63. The molecule has 1 atom stereocenters. The van der Waals surface area contributed by atoms with Gasteiger partial charge in [-0.3, -0.25) is 4.99 Å². The molecule has 0 spiro atoms. The molecule has 142 valence electrons. The van der Waals surface area contributed by atoms with E-state index in [0.717, 1.165) is 64.6 Å². The summed E-state index contributed by atoms with van der Waals surface area (Å²) in [6, 6.07) is 0.403. The molecule has 0 saturated carbocycles. The van der Waals surface area contributed by atoms with E-state index in [2.05, 4.69) is 41.3 Å². The quantitative estimate of drug-likeness (QED) is 0.469. The second-order valence-electron chi connectivity index (χ2n) is 6.64. The monoisotopic (exact) mass is 342 g/mol. The van der Waals surface area contributed by atoms with E-state index in [1.807, 2.05) is 7.05 Å². The smallest absolute Gasteiger partial charge is 0.191 e. The van der Waals surface area contributed by atoms with Crippen LogP contribution in [0.15, 0.2) is 4.99 Å². The lowest BCUT2D eigenvalue weighted by molar-refractivity contribution is -0.0855. The molecule has 1 aliphatic heterocycles. The summed E-state index contributed by atoms with van der Waals surface area (Å²) >= 11 is 0. The van der Waals surface area contributed by atoms with Crippen molar-refractivity contribution in [3.05, 3.63) is 0 Å². The molecular formula is C18H38N4O2. The van der Waals surface area contributed by atoms with Gasteiger partial charge in [-0.25, -0.2) is 0 Å².